The zero-order valence-electron chi connectivity index (χ0n) is 10.00. The van der Waals surface area contributed by atoms with Gasteiger partial charge < -0.3 is 15.8 Å². The fraction of sp³-hybridized carbons (Fsp3) is 0.417. The summed E-state index contributed by atoms with van der Waals surface area (Å²) in [7, 11) is 1.58. The summed E-state index contributed by atoms with van der Waals surface area (Å²) in [5.74, 6) is -0.657. The van der Waals surface area contributed by atoms with Crippen molar-refractivity contribution in [3.63, 3.8) is 0 Å². The molecule has 0 aromatic heterocycles. The monoisotopic (exact) mass is 240 g/mol. The molecule has 0 radical (unpaired) electrons. The molecule has 1 amide bonds. The molecule has 3 N–H and O–H groups in total. The zero-order chi connectivity index (χ0) is 12.8. The molecule has 1 rings (SSSR count). The number of nitrogens with two attached hydrogens (primary N) is 1. The Kier molecular flexibility index (Phi) is 4.90. The van der Waals surface area contributed by atoms with Crippen molar-refractivity contribution < 1.29 is 13.9 Å². The van der Waals surface area contributed by atoms with E-state index in [1.165, 1.54) is 18.2 Å². The lowest BCUT2D eigenvalue weighted by Crippen LogP contribution is -2.18. The van der Waals surface area contributed by atoms with E-state index in [1.807, 2.05) is 6.92 Å². The van der Waals surface area contributed by atoms with Crippen molar-refractivity contribution in [3.05, 3.63) is 24.0 Å². The number of methoxy groups -OCH3 is 1. The molecule has 0 aliphatic heterocycles. The number of carbonyl (C=O) groups is 1. The van der Waals surface area contributed by atoms with Crippen LogP contribution in [0.5, 0.6) is 0 Å². The van der Waals surface area contributed by atoms with Crippen molar-refractivity contribution in [1.82, 2.24) is 0 Å². The molecule has 0 aliphatic rings. The zero-order valence-corrected chi connectivity index (χ0v) is 10.00. The van der Waals surface area contributed by atoms with Gasteiger partial charge in [0.15, 0.2) is 0 Å². The van der Waals surface area contributed by atoms with Gasteiger partial charge in [-0.1, -0.05) is 6.92 Å². The first kappa shape index (κ1) is 13.4. The van der Waals surface area contributed by atoms with Crippen LogP contribution in [0.25, 0.3) is 0 Å². The minimum Gasteiger partial charge on any atom is -0.399 e. The highest BCUT2D eigenvalue weighted by atomic mass is 19.1. The smallest absolute Gasteiger partial charge is 0.224 e. The first-order chi connectivity index (χ1) is 8.02. The van der Waals surface area contributed by atoms with Gasteiger partial charge in [-0.05, 0) is 24.1 Å². The molecule has 0 saturated carbocycles. The van der Waals surface area contributed by atoms with Gasteiger partial charge in [0.05, 0.1) is 5.69 Å². The minimum atomic E-state index is -0.494. The maximum absolute atomic E-state index is 13.3. The Morgan fingerprint density at radius 1 is 1.59 bits per heavy atom. The molecule has 0 heterocycles. The average Bonchev–Trinajstić information content (AvgIpc) is 2.23. The number of halogens is 1. The highest BCUT2D eigenvalue weighted by molar-refractivity contribution is 5.91. The van der Waals surface area contributed by atoms with Crippen molar-refractivity contribution in [2.45, 2.75) is 13.3 Å². The second-order valence-corrected chi connectivity index (χ2v) is 4.05. The molecule has 0 fully saturated rings. The summed E-state index contributed by atoms with van der Waals surface area (Å²) in [5.41, 5.74) is 6.03. The molecule has 1 atom stereocenters. The number of ether oxygens (including phenoxy) is 1. The number of nitrogens with one attached hydrogen (secondary N) is 1. The maximum Gasteiger partial charge on any atom is 0.224 e. The fourth-order valence-electron chi connectivity index (χ4n) is 1.50. The van der Waals surface area contributed by atoms with Gasteiger partial charge in [-0.2, -0.15) is 0 Å². The number of carbonyl (C=O) groups excluding carboxylic acids is 1. The predicted octanol–water partition coefficient (Wildman–Crippen LogP) is 2.02. The van der Waals surface area contributed by atoms with E-state index in [4.69, 9.17) is 10.5 Å². The van der Waals surface area contributed by atoms with E-state index in [0.29, 0.717) is 12.3 Å². The van der Waals surface area contributed by atoms with Gasteiger partial charge in [0.2, 0.25) is 5.91 Å². The van der Waals surface area contributed by atoms with Crippen LogP contribution in [0.3, 0.4) is 0 Å². The number of hydrogen-bond acceptors (Lipinski definition) is 3. The van der Waals surface area contributed by atoms with E-state index in [9.17, 15) is 9.18 Å². The van der Waals surface area contributed by atoms with Gasteiger partial charge in [-0.15, -0.1) is 0 Å². The molecule has 4 nitrogen and oxygen atoms in total. The first-order valence-corrected chi connectivity index (χ1v) is 5.36. The highest BCUT2D eigenvalue weighted by Gasteiger charge is 2.11. The molecular formula is C12H17FN2O2. The van der Waals surface area contributed by atoms with Crippen LogP contribution in [0.4, 0.5) is 15.8 Å². The number of benzene rings is 1. The van der Waals surface area contributed by atoms with E-state index in [-0.39, 0.29) is 23.9 Å². The summed E-state index contributed by atoms with van der Waals surface area (Å²) < 4.78 is 18.2. The van der Waals surface area contributed by atoms with E-state index < -0.39 is 5.82 Å². The van der Waals surface area contributed by atoms with Crippen LogP contribution in [-0.2, 0) is 9.53 Å². The Balaban J connectivity index is 2.58. The summed E-state index contributed by atoms with van der Waals surface area (Å²) in [5, 5.41) is 2.49. The summed E-state index contributed by atoms with van der Waals surface area (Å²) in [6.07, 6.45) is 0.280. The lowest BCUT2D eigenvalue weighted by atomic mass is 10.1. The standard InChI is InChI=1S/C12H17FN2O2/c1-8(7-17-2)5-12(16)15-11-6-9(14)3-4-10(11)13/h3-4,6,8H,5,7,14H2,1-2H3,(H,15,16). The third-order valence-electron chi connectivity index (χ3n) is 2.25. The second kappa shape index (κ2) is 6.20. The van der Waals surface area contributed by atoms with Crippen LogP contribution in [0, 0.1) is 11.7 Å². The second-order valence-electron chi connectivity index (χ2n) is 4.05. The normalized spacial score (nSPS) is 12.2. The topological polar surface area (TPSA) is 64.3 Å². The van der Waals surface area contributed by atoms with Gasteiger partial charge in [-0.25, -0.2) is 4.39 Å². The molecular weight excluding hydrogens is 223 g/mol. The van der Waals surface area contributed by atoms with Crippen LogP contribution in [0.2, 0.25) is 0 Å². The van der Waals surface area contributed by atoms with Crippen molar-refractivity contribution in [1.29, 1.82) is 0 Å². The third-order valence-corrected chi connectivity index (χ3v) is 2.25. The summed E-state index contributed by atoms with van der Waals surface area (Å²) in [6, 6.07) is 4.07. The van der Waals surface area contributed by atoms with Gasteiger partial charge in [0.25, 0.3) is 0 Å². The quantitative estimate of drug-likeness (QED) is 0.774. The van der Waals surface area contributed by atoms with Crippen molar-refractivity contribution in [2.24, 2.45) is 5.92 Å². The number of amides is 1. The summed E-state index contributed by atoms with van der Waals surface area (Å²) in [6.45, 7) is 2.38. The van der Waals surface area contributed by atoms with Gasteiger partial charge in [-0.3, -0.25) is 4.79 Å². The number of nitrogen functional groups attached to an aromatic ring is 1. The molecule has 5 heteroatoms. The van der Waals surface area contributed by atoms with Crippen LogP contribution in [-0.4, -0.2) is 19.6 Å². The van der Waals surface area contributed by atoms with E-state index in [1.54, 1.807) is 7.11 Å². The number of rotatable bonds is 5. The Morgan fingerprint density at radius 2 is 2.29 bits per heavy atom. The van der Waals surface area contributed by atoms with Gasteiger partial charge in [0.1, 0.15) is 5.82 Å². The Labute approximate surface area is 100.0 Å². The van der Waals surface area contributed by atoms with Gasteiger partial charge in [0, 0.05) is 25.8 Å². The molecule has 0 aliphatic carbocycles. The lowest BCUT2D eigenvalue weighted by Gasteiger charge is -2.11. The fourth-order valence-corrected chi connectivity index (χ4v) is 1.50. The highest BCUT2D eigenvalue weighted by Crippen LogP contribution is 2.18. The van der Waals surface area contributed by atoms with Crippen LogP contribution < -0.4 is 11.1 Å². The average molecular weight is 240 g/mol. The molecule has 1 aromatic carbocycles. The van der Waals surface area contributed by atoms with Crippen LogP contribution in [0.15, 0.2) is 18.2 Å². The van der Waals surface area contributed by atoms with E-state index in [0.717, 1.165) is 0 Å². The Morgan fingerprint density at radius 3 is 2.94 bits per heavy atom. The molecule has 94 valence electrons. The van der Waals surface area contributed by atoms with Crippen molar-refractivity contribution >= 4 is 17.3 Å². The summed E-state index contributed by atoms with van der Waals surface area (Å²) in [4.78, 5) is 11.6. The third kappa shape index (κ3) is 4.40. The maximum atomic E-state index is 13.3. The minimum absolute atomic E-state index is 0.0871. The van der Waals surface area contributed by atoms with Crippen LogP contribution in [0.1, 0.15) is 13.3 Å². The molecule has 0 saturated heterocycles. The predicted molar refractivity (Wildman–Crippen MR) is 65.1 cm³/mol. The molecule has 17 heavy (non-hydrogen) atoms. The Hall–Kier alpha value is -1.62. The van der Waals surface area contributed by atoms with Crippen LogP contribution >= 0.6 is 0 Å². The molecule has 0 spiro atoms. The SMILES string of the molecule is COCC(C)CC(=O)Nc1cc(N)ccc1F. The first-order valence-electron chi connectivity index (χ1n) is 5.36. The number of anilines is 2. The largest absolute Gasteiger partial charge is 0.399 e. The van der Waals surface area contributed by atoms with Crippen molar-refractivity contribution in [2.75, 3.05) is 24.8 Å². The number of hydrogen-bond donors (Lipinski definition) is 2. The van der Waals surface area contributed by atoms with E-state index in [2.05, 4.69) is 5.32 Å². The van der Waals surface area contributed by atoms with E-state index >= 15 is 0 Å². The van der Waals surface area contributed by atoms with Gasteiger partial charge >= 0.3 is 0 Å². The lowest BCUT2D eigenvalue weighted by molar-refractivity contribution is -0.117. The van der Waals surface area contributed by atoms with Crippen molar-refractivity contribution in [3.8, 4) is 0 Å². The molecule has 0 bridgehead atoms. The summed E-state index contributed by atoms with van der Waals surface area (Å²) >= 11 is 0. The Bertz CT molecular complexity index is 396. The molecule has 1 aromatic rings. The molecule has 1 unspecified atom stereocenters.